The molecule has 4 rings (SSSR count). The molecule has 2 heterocycles. The van der Waals surface area contributed by atoms with Gasteiger partial charge < -0.3 is 20.1 Å². The molecule has 2 N–H and O–H groups in total. The second-order valence-electron chi connectivity index (χ2n) is 8.92. The summed E-state index contributed by atoms with van der Waals surface area (Å²) in [4.78, 5) is 39.4. The maximum atomic E-state index is 13.1. The average molecular weight is 452 g/mol. The fourth-order valence-electron chi connectivity index (χ4n) is 4.08. The van der Waals surface area contributed by atoms with Crippen molar-refractivity contribution >= 4 is 17.8 Å². The SMILES string of the molecule is CC(C)c1ccc([C@@]2(C)NC(=O)N(CC(=O)N[C@H](C)c3ccc4c(c3)OCCO4)C2=O)cc1. The van der Waals surface area contributed by atoms with Crippen molar-refractivity contribution < 1.29 is 23.9 Å². The van der Waals surface area contributed by atoms with Crippen molar-refractivity contribution in [3.8, 4) is 11.5 Å². The van der Waals surface area contributed by atoms with Gasteiger partial charge in [-0.15, -0.1) is 0 Å². The third-order valence-electron chi connectivity index (χ3n) is 6.18. The van der Waals surface area contributed by atoms with Gasteiger partial charge in [-0.3, -0.25) is 14.5 Å². The molecule has 2 aliphatic heterocycles. The van der Waals surface area contributed by atoms with Crippen molar-refractivity contribution in [2.75, 3.05) is 19.8 Å². The lowest BCUT2D eigenvalue weighted by Crippen LogP contribution is -2.43. The summed E-state index contributed by atoms with van der Waals surface area (Å²) < 4.78 is 11.1. The van der Waals surface area contributed by atoms with Crippen LogP contribution in [0.15, 0.2) is 42.5 Å². The second-order valence-corrected chi connectivity index (χ2v) is 8.92. The molecule has 174 valence electrons. The number of amides is 4. The number of hydrogen-bond donors (Lipinski definition) is 2. The van der Waals surface area contributed by atoms with Gasteiger partial charge in [0.15, 0.2) is 11.5 Å². The number of carbonyl (C=O) groups is 3. The zero-order chi connectivity index (χ0) is 23.8. The Hall–Kier alpha value is -3.55. The van der Waals surface area contributed by atoms with E-state index in [4.69, 9.17) is 9.47 Å². The molecule has 2 aromatic rings. The Morgan fingerprint density at radius 2 is 1.67 bits per heavy atom. The summed E-state index contributed by atoms with van der Waals surface area (Å²) in [6, 6.07) is 12.2. The first-order chi connectivity index (χ1) is 15.7. The van der Waals surface area contributed by atoms with Gasteiger partial charge in [-0.05, 0) is 48.6 Å². The first-order valence-electron chi connectivity index (χ1n) is 11.1. The van der Waals surface area contributed by atoms with Crippen LogP contribution in [0.3, 0.4) is 0 Å². The molecule has 0 spiro atoms. The van der Waals surface area contributed by atoms with Gasteiger partial charge in [-0.1, -0.05) is 44.2 Å². The van der Waals surface area contributed by atoms with E-state index in [0.29, 0.717) is 36.2 Å². The number of nitrogens with zero attached hydrogens (tertiary/aromatic N) is 1. The summed E-state index contributed by atoms with van der Waals surface area (Å²) in [6.07, 6.45) is 0. The first-order valence-corrected chi connectivity index (χ1v) is 11.1. The fourth-order valence-corrected chi connectivity index (χ4v) is 4.08. The molecule has 0 radical (unpaired) electrons. The number of benzene rings is 2. The highest BCUT2D eigenvalue weighted by Gasteiger charge is 2.49. The van der Waals surface area contributed by atoms with Gasteiger partial charge >= 0.3 is 6.03 Å². The van der Waals surface area contributed by atoms with Crippen LogP contribution in [0.4, 0.5) is 4.79 Å². The molecular formula is C25H29N3O5. The van der Waals surface area contributed by atoms with Gasteiger partial charge in [-0.2, -0.15) is 0 Å². The third kappa shape index (κ3) is 4.37. The Morgan fingerprint density at radius 3 is 2.33 bits per heavy atom. The zero-order valence-corrected chi connectivity index (χ0v) is 19.3. The number of imide groups is 1. The van der Waals surface area contributed by atoms with Crippen molar-refractivity contribution in [1.82, 2.24) is 15.5 Å². The minimum atomic E-state index is -1.21. The lowest BCUT2D eigenvalue weighted by Gasteiger charge is -2.23. The van der Waals surface area contributed by atoms with Gasteiger partial charge in [0.2, 0.25) is 5.91 Å². The normalized spacial score (nSPS) is 20.6. The molecule has 2 aliphatic rings. The topological polar surface area (TPSA) is 97.0 Å². The predicted molar refractivity (Wildman–Crippen MR) is 122 cm³/mol. The standard InChI is InChI=1S/C25H29N3O5/c1-15(2)17-5-8-19(9-6-17)25(4)23(30)28(24(31)27-25)14-22(29)26-16(3)18-7-10-20-21(13-18)33-12-11-32-20/h5-10,13,15-16H,11-12,14H2,1-4H3,(H,26,29)(H,27,31)/t16-,25-/m1/s1. The van der Waals surface area contributed by atoms with E-state index < -0.39 is 23.4 Å². The van der Waals surface area contributed by atoms with Crippen LogP contribution >= 0.6 is 0 Å². The Labute approximate surface area is 193 Å². The van der Waals surface area contributed by atoms with E-state index in [1.807, 2.05) is 43.3 Å². The van der Waals surface area contributed by atoms with E-state index in [-0.39, 0.29) is 12.6 Å². The quantitative estimate of drug-likeness (QED) is 0.658. The smallest absolute Gasteiger partial charge is 0.325 e. The molecule has 0 saturated carbocycles. The fraction of sp³-hybridized carbons (Fsp3) is 0.400. The van der Waals surface area contributed by atoms with E-state index in [9.17, 15) is 14.4 Å². The molecule has 4 amide bonds. The lowest BCUT2D eigenvalue weighted by molar-refractivity contribution is -0.135. The highest BCUT2D eigenvalue weighted by Crippen LogP contribution is 2.33. The molecule has 2 atom stereocenters. The van der Waals surface area contributed by atoms with Crippen LogP contribution in [0.1, 0.15) is 56.3 Å². The summed E-state index contributed by atoms with van der Waals surface area (Å²) >= 11 is 0. The predicted octanol–water partition coefficient (Wildman–Crippen LogP) is 3.23. The maximum Gasteiger partial charge on any atom is 0.325 e. The summed E-state index contributed by atoms with van der Waals surface area (Å²) in [5, 5.41) is 5.60. The van der Waals surface area contributed by atoms with E-state index in [2.05, 4.69) is 24.5 Å². The average Bonchev–Trinajstić information content (AvgIpc) is 3.02. The van der Waals surface area contributed by atoms with E-state index >= 15 is 0 Å². The lowest BCUT2D eigenvalue weighted by atomic mass is 9.90. The summed E-state index contributed by atoms with van der Waals surface area (Å²) in [7, 11) is 0. The highest BCUT2D eigenvalue weighted by molar-refractivity contribution is 6.09. The van der Waals surface area contributed by atoms with Gasteiger partial charge in [0.25, 0.3) is 5.91 Å². The molecule has 0 aromatic heterocycles. The van der Waals surface area contributed by atoms with Crippen molar-refractivity contribution in [2.24, 2.45) is 0 Å². The van der Waals surface area contributed by atoms with Gasteiger partial charge in [-0.25, -0.2) is 4.79 Å². The molecule has 2 aromatic carbocycles. The number of carbonyl (C=O) groups excluding carboxylic acids is 3. The van der Waals surface area contributed by atoms with Crippen LogP contribution in [0.25, 0.3) is 0 Å². The first kappa shape index (κ1) is 22.6. The molecule has 33 heavy (non-hydrogen) atoms. The number of nitrogens with one attached hydrogen (secondary N) is 2. The van der Waals surface area contributed by atoms with Crippen LogP contribution in [-0.2, 0) is 15.1 Å². The Bertz CT molecular complexity index is 1080. The van der Waals surface area contributed by atoms with Crippen LogP contribution in [0.5, 0.6) is 11.5 Å². The number of urea groups is 1. The van der Waals surface area contributed by atoms with Crippen LogP contribution in [-0.4, -0.2) is 42.5 Å². The van der Waals surface area contributed by atoms with Crippen LogP contribution in [0.2, 0.25) is 0 Å². The third-order valence-corrected chi connectivity index (χ3v) is 6.18. The van der Waals surface area contributed by atoms with Crippen molar-refractivity contribution in [3.63, 3.8) is 0 Å². The molecule has 8 heteroatoms. The summed E-state index contributed by atoms with van der Waals surface area (Å²) in [6.45, 7) is 8.28. The molecule has 0 aliphatic carbocycles. The molecule has 1 fully saturated rings. The second kappa shape index (κ2) is 8.77. The molecular weight excluding hydrogens is 422 g/mol. The maximum absolute atomic E-state index is 13.1. The Morgan fingerprint density at radius 1 is 1.03 bits per heavy atom. The van der Waals surface area contributed by atoms with Crippen molar-refractivity contribution in [1.29, 1.82) is 0 Å². The molecule has 8 nitrogen and oxygen atoms in total. The van der Waals surface area contributed by atoms with E-state index in [1.54, 1.807) is 13.0 Å². The minimum Gasteiger partial charge on any atom is -0.486 e. The van der Waals surface area contributed by atoms with E-state index in [1.165, 1.54) is 0 Å². The largest absolute Gasteiger partial charge is 0.486 e. The minimum absolute atomic E-state index is 0.343. The van der Waals surface area contributed by atoms with Gasteiger partial charge in [0, 0.05) is 0 Å². The molecule has 1 saturated heterocycles. The van der Waals surface area contributed by atoms with Crippen molar-refractivity contribution in [2.45, 2.75) is 45.2 Å². The molecule has 0 bridgehead atoms. The zero-order valence-electron chi connectivity index (χ0n) is 19.3. The number of rotatable bonds is 6. The Balaban J connectivity index is 1.42. The van der Waals surface area contributed by atoms with Gasteiger partial charge in [0.05, 0.1) is 6.04 Å². The Kier molecular flexibility index (Phi) is 6.01. The van der Waals surface area contributed by atoms with Gasteiger partial charge in [0.1, 0.15) is 25.3 Å². The molecule has 0 unspecified atom stereocenters. The van der Waals surface area contributed by atoms with E-state index in [0.717, 1.165) is 16.0 Å². The summed E-state index contributed by atoms with van der Waals surface area (Å²) in [5.74, 6) is 0.779. The highest BCUT2D eigenvalue weighted by atomic mass is 16.6. The van der Waals surface area contributed by atoms with Crippen LogP contribution in [0, 0.1) is 0 Å². The van der Waals surface area contributed by atoms with Crippen LogP contribution < -0.4 is 20.1 Å². The summed E-state index contributed by atoms with van der Waals surface area (Å²) in [5.41, 5.74) is 1.44. The van der Waals surface area contributed by atoms with Crippen molar-refractivity contribution in [3.05, 3.63) is 59.2 Å². The number of hydrogen-bond acceptors (Lipinski definition) is 5. The monoisotopic (exact) mass is 451 g/mol. The number of ether oxygens (including phenoxy) is 2. The number of fused-ring (bicyclic) bond motifs is 1.